The molecule has 3 aromatic carbocycles. The van der Waals surface area contributed by atoms with Crippen LogP contribution in [0.15, 0.2) is 79.0 Å². The zero-order chi connectivity index (χ0) is 25.1. The molecule has 7 nitrogen and oxygen atoms in total. The molecule has 1 fully saturated rings. The van der Waals surface area contributed by atoms with Gasteiger partial charge in [0.25, 0.3) is 5.91 Å². The molecular weight excluding hydrogens is 450 g/mol. The maximum Gasteiger partial charge on any atom is 0.319 e. The molecule has 1 heterocycles. The van der Waals surface area contributed by atoms with Gasteiger partial charge in [-0.15, -0.1) is 0 Å². The van der Waals surface area contributed by atoms with Gasteiger partial charge in [-0.25, -0.2) is 4.79 Å². The van der Waals surface area contributed by atoms with Gasteiger partial charge in [-0.05, 0) is 66.4 Å². The molecule has 1 atom stereocenters. The molecule has 0 spiro atoms. The number of benzene rings is 3. The highest BCUT2D eigenvalue weighted by molar-refractivity contribution is 5.95. The molecule has 36 heavy (non-hydrogen) atoms. The number of anilines is 2. The molecule has 7 heteroatoms. The standard InChI is InChI=1S/C29H31N5O2/c1-34(2)23-15-9-19(10-16-23)25(26-18-30-27-6-4-3-5-24(26)27)17-31-28(35)20-7-11-21(12-8-20)32-29(36)33-22-13-14-22/h3-12,15-16,18,22,25,30H,13-14,17H2,1-2H3,(H,31,35)(H2,32,33,36). The van der Waals surface area contributed by atoms with E-state index in [1.807, 2.05) is 32.4 Å². The Labute approximate surface area is 210 Å². The number of carbonyl (C=O) groups excluding carboxylic acids is 2. The Bertz CT molecular complexity index is 1350. The average Bonchev–Trinajstić information content (AvgIpc) is 3.60. The smallest absolute Gasteiger partial charge is 0.319 e. The van der Waals surface area contributed by atoms with E-state index in [4.69, 9.17) is 0 Å². The average molecular weight is 482 g/mol. The first-order valence-corrected chi connectivity index (χ1v) is 12.3. The van der Waals surface area contributed by atoms with Gasteiger partial charge in [0.1, 0.15) is 0 Å². The zero-order valence-electron chi connectivity index (χ0n) is 20.5. The predicted molar refractivity (Wildman–Crippen MR) is 145 cm³/mol. The number of nitrogens with one attached hydrogen (secondary N) is 4. The number of fused-ring (bicyclic) bond motifs is 1. The van der Waals surface area contributed by atoms with Crippen molar-refractivity contribution in [2.75, 3.05) is 30.9 Å². The van der Waals surface area contributed by atoms with Crippen LogP contribution in [-0.2, 0) is 0 Å². The minimum Gasteiger partial charge on any atom is -0.378 e. The number of hydrogen-bond donors (Lipinski definition) is 4. The lowest BCUT2D eigenvalue weighted by Gasteiger charge is -2.20. The molecule has 3 amide bonds. The fourth-order valence-corrected chi connectivity index (χ4v) is 4.38. The van der Waals surface area contributed by atoms with E-state index in [-0.39, 0.29) is 17.9 Å². The number of rotatable bonds is 8. The first kappa shape index (κ1) is 23.5. The molecule has 1 saturated carbocycles. The van der Waals surface area contributed by atoms with Crippen LogP contribution >= 0.6 is 0 Å². The lowest BCUT2D eigenvalue weighted by atomic mass is 9.90. The second kappa shape index (κ2) is 10.2. The van der Waals surface area contributed by atoms with Crippen molar-refractivity contribution < 1.29 is 9.59 Å². The van der Waals surface area contributed by atoms with Crippen LogP contribution in [0.25, 0.3) is 10.9 Å². The number of H-pyrrole nitrogens is 1. The molecule has 1 aliphatic carbocycles. The van der Waals surface area contributed by atoms with Crippen molar-refractivity contribution in [1.29, 1.82) is 0 Å². The molecule has 1 aliphatic rings. The first-order valence-electron chi connectivity index (χ1n) is 12.3. The van der Waals surface area contributed by atoms with E-state index in [1.165, 1.54) is 0 Å². The van der Waals surface area contributed by atoms with Crippen molar-refractivity contribution in [2.24, 2.45) is 0 Å². The van der Waals surface area contributed by atoms with E-state index in [0.29, 0.717) is 23.8 Å². The number of aromatic amines is 1. The summed E-state index contributed by atoms with van der Waals surface area (Å²) in [5.74, 6) is -0.174. The van der Waals surface area contributed by atoms with Gasteiger partial charge in [0.15, 0.2) is 0 Å². The zero-order valence-corrected chi connectivity index (χ0v) is 20.5. The molecule has 0 bridgehead atoms. The lowest BCUT2D eigenvalue weighted by molar-refractivity contribution is 0.0952. The van der Waals surface area contributed by atoms with Crippen LogP contribution in [0.5, 0.6) is 0 Å². The van der Waals surface area contributed by atoms with Crippen molar-refractivity contribution in [1.82, 2.24) is 15.6 Å². The molecule has 1 aromatic heterocycles. The first-order chi connectivity index (χ1) is 17.5. The van der Waals surface area contributed by atoms with Gasteiger partial charge < -0.3 is 25.8 Å². The molecule has 184 valence electrons. The SMILES string of the molecule is CN(C)c1ccc(C(CNC(=O)c2ccc(NC(=O)NC3CC3)cc2)c2c[nH]c3ccccc23)cc1. The van der Waals surface area contributed by atoms with Crippen molar-refractivity contribution >= 4 is 34.2 Å². The van der Waals surface area contributed by atoms with E-state index in [0.717, 1.165) is 40.6 Å². The Hall–Kier alpha value is -4.26. The normalized spacial score (nSPS) is 13.7. The number of hydrogen-bond acceptors (Lipinski definition) is 3. The Kier molecular flexibility index (Phi) is 6.62. The summed E-state index contributed by atoms with van der Waals surface area (Å²) in [6, 6.07) is 23.7. The summed E-state index contributed by atoms with van der Waals surface area (Å²) in [6.45, 7) is 0.450. The quantitative estimate of drug-likeness (QED) is 0.283. The van der Waals surface area contributed by atoms with Gasteiger partial charge >= 0.3 is 6.03 Å². The van der Waals surface area contributed by atoms with Crippen molar-refractivity contribution in [3.8, 4) is 0 Å². The number of aromatic nitrogens is 1. The van der Waals surface area contributed by atoms with Gasteiger partial charge in [-0.1, -0.05) is 30.3 Å². The maximum absolute atomic E-state index is 13.0. The molecule has 5 rings (SSSR count). The topological polar surface area (TPSA) is 89.3 Å². The number of para-hydroxylation sites is 1. The monoisotopic (exact) mass is 481 g/mol. The predicted octanol–water partition coefficient (Wildman–Crippen LogP) is 5.08. The van der Waals surface area contributed by atoms with Crippen LogP contribution < -0.4 is 20.9 Å². The fourth-order valence-electron chi connectivity index (χ4n) is 4.38. The Morgan fingerprint density at radius 1 is 0.972 bits per heavy atom. The minimum absolute atomic E-state index is 0.0200. The van der Waals surface area contributed by atoms with Crippen LogP contribution in [0.4, 0.5) is 16.2 Å². The maximum atomic E-state index is 13.0. The minimum atomic E-state index is -0.212. The third-order valence-corrected chi connectivity index (χ3v) is 6.59. The van der Waals surface area contributed by atoms with Crippen LogP contribution in [0.3, 0.4) is 0 Å². The van der Waals surface area contributed by atoms with Crippen LogP contribution in [0, 0.1) is 0 Å². The summed E-state index contributed by atoms with van der Waals surface area (Å²) in [6.07, 6.45) is 4.10. The number of nitrogens with zero attached hydrogens (tertiary/aromatic N) is 1. The highest BCUT2D eigenvalue weighted by atomic mass is 16.2. The largest absolute Gasteiger partial charge is 0.378 e. The van der Waals surface area contributed by atoms with Crippen LogP contribution in [0.1, 0.15) is 40.2 Å². The highest BCUT2D eigenvalue weighted by Gasteiger charge is 2.23. The molecule has 4 N–H and O–H groups in total. The van der Waals surface area contributed by atoms with Gasteiger partial charge in [0.2, 0.25) is 0 Å². The summed E-state index contributed by atoms with van der Waals surface area (Å²) in [5, 5.41) is 9.97. The Balaban J connectivity index is 1.31. The van der Waals surface area contributed by atoms with Gasteiger partial charge in [0.05, 0.1) is 0 Å². The Morgan fingerprint density at radius 2 is 1.69 bits per heavy atom. The van der Waals surface area contributed by atoms with E-state index in [2.05, 4.69) is 62.2 Å². The molecule has 1 unspecified atom stereocenters. The van der Waals surface area contributed by atoms with Crippen molar-refractivity contribution in [3.63, 3.8) is 0 Å². The van der Waals surface area contributed by atoms with E-state index < -0.39 is 0 Å². The summed E-state index contributed by atoms with van der Waals surface area (Å²) in [7, 11) is 4.04. The summed E-state index contributed by atoms with van der Waals surface area (Å²) < 4.78 is 0. The van der Waals surface area contributed by atoms with Gasteiger partial charge in [-0.3, -0.25) is 4.79 Å². The van der Waals surface area contributed by atoms with Gasteiger partial charge in [0, 0.05) is 66.6 Å². The number of amides is 3. The van der Waals surface area contributed by atoms with Gasteiger partial charge in [-0.2, -0.15) is 0 Å². The summed E-state index contributed by atoms with van der Waals surface area (Å²) in [5.41, 5.74) is 5.67. The third kappa shape index (κ3) is 5.35. The molecule has 0 radical (unpaired) electrons. The molecular formula is C29H31N5O2. The number of urea groups is 1. The van der Waals surface area contributed by atoms with E-state index >= 15 is 0 Å². The van der Waals surface area contributed by atoms with Crippen LogP contribution in [-0.4, -0.2) is 43.6 Å². The number of carbonyl (C=O) groups is 2. The summed E-state index contributed by atoms with van der Waals surface area (Å²) in [4.78, 5) is 30.4. The van der Waals surface area contributed by atoms with Crippen molar-refractivity contribution in [2.45, 2.75) is 24.8 Å². The second-order valence-electron chi connectivity index (χ2n) is 9.49. The third-order valence-electron chi connectivity index (χ3n) is 6.59. The van der Waals surface area contributed by atoms with Crippen molar-refractivity contribution in [3.05, 3.63) is 95.7 Å². The second-order valence-corrected chi connectivity index (χ2v) is 9.49. The van der Waals surface area contributed by atoms with Crippen LogP contribution in [0.2, 0.25) is 0 Å². The van der Waals surface area contributed by atoms with E-state index in [9.17, 15) is 9.59 Å². The summed E-state index contributed by atoms with van der Waals surface area (Å²) >= 11 is 0. The molecule has 0 aliphatic heterocycles. The fraction of sp³-hybridized carbons (Fsp3) is 0.241. The molecule has 0 saturated heterocycles. The molecule has 4 aromatic rings. The highest BCUT2D eigenvalue weighted by Crippen LogP contribution is 2.31. The Morgan fingerprint density at radius 3 is 2.39 bits per heavy atom. The lowest BCUT2D eigenvalue weighted by Crippen LogP contribution is -2.30. The van der Waals surface area contributed by atoms with E-state index in [1.54, 1.807) is 24.3 Å².